The first-order chi connectivity index (χ1) is 10.4. The van der Waals surface area contributed by atoms with Crippen molar-refractivity contribution in [3.05, 3.63) is 48.0 Å². The van der Waals surface area contributed by atoms with Crippen LogP contribution in [0.3, 0.4) is 0 Å². The predicted molar refractivity (Wildman–Crippen MR) is 89.5 cm³/mol. The minimum Gasteiger partial charge on any atom is -0.320 e. The smallest absolute Gasteiger partial charge is 0.286 e. The maximum atomic E-state index is 11.9. The summed E-state index contributed by atoms with van der Waals surface area (Å²) in [5.74, 6) is 0. The minimum atomic E-state index is -4.20. The lowest BCUT2D eigenvalue weighted by Crippen LogP contribution is -2.38. The van der Waals surface area contributed by atoms with Crippen molar-refractivity contribution in [3.63, 3.8) is 0 Å². The van der Waals surface area contributed by atoms with Crippen molar-refractivity contribution in [2.24, 2.45) is 0 Å². The predicted octanol–water partition coefficient (Wildman–Crippen LogP) is 4.22. The fraction of sp³-hybridized carbons (Fsp3) is 0.250. The molecule has 4 nitrogen and oxygen atoms in total. The zero-order chi connectivity index (χ0) is 15.9. The fourth-order valence-electron chi connectivity index (χ4n) is 2.73. The first-order valence-corrected chi connectivity index (χ1v) is 9.37. The van der Waals surface area contributed by atoms with E-state index in [1.54, 1.807) is 23.6 Å². The number of benzene rings is 2. The average Bonchev–Trinajstić information content (AvgIpc) is 2.46. The van der Waals surface area contributed by atoms with Gasteiger partial charge in [0.25, 0.3) is 10.1 Å². The highest BCUT2D eigenvalue weighted by Gasteiger charge is 2.34. The van der Waals surface area contributed by atoms with E-state index in [9.17, 15) is 13.0 Å². The van der Waals surface area contributed by atoms with E-state index in [4.69, 9.17) is 0 Å². The SMILES string of the molecule is CCC(N1c2ccccc2Sc2ccc(C)cc21)S(=O)(=O)O. The number of nitrogens with zero attached hydrogens (tertiary/aromatic N) is 1. The van der Waals surface area contributed by atoms with Gasteiger partial charge in [-0.25, -0.2) is 0 Å². The van der Waals surface area contributed by atoms with Gasteiger partial charge < -0.3 is 4.90 Å². The van der Waals surface area contributed by atoms with Crippen molar-refractivity contribution in [2.45, 2.75) is 35.4 Å². The van der Waals surface area contributed by atoms with Gasteiger partial charge in [-0.1, -0.05) is 36.9 Å². The first-order valence-electron chi connectivity index (χ1n) is 7.05. The first kappa shape index (κ1) is 15.4. The average molecular weight is 335 g/mol. The quantitative estimate of drug-likeness (QED) is 0.851. The number of para-hydroxylation sites is 1. The third kappa shape index (κ3) is 2.62. The Bertz CT molecular complexity index is 818. The van der Waals surface area contributed by atoms with Crippen LogP contribution in [0.4, 0.5) is 11.4 Å². The van der Waals surface area contributed by atoms with Crippen LogP contribution in [0.15, 0.2) is 52.3 Å². The van der Waals surface area contributed by atoms with Gasteiger partial charge in [0.2, 0.25) is 0 Å². The van der Waals surface area contributed by atoms with Gasteiger partial charge in [0.1, 0.15) is 0 Å². The van der Waals surface area contributed by atoms with Crippen LogP contribution < -0.4 is 4.90 Å². The number of aryl methyl sites for hydroxylation is 1. The summed E-state index contributed by atoms with van der Waals surface area (Å²) in [5, 5.41) is -0.991. The Morgan fingerprint density at radius 1 is 1.14 bits per heavy atom. The normalized spacial score (nSPS) is 15.1. The topological polar surface area (TPSA) is 57.6 Å². The van der Waals surface area contributed by atoms with Crippen molar-refractivity contribution >= 4 is 33.3 Å². The van der Waals surface area contributed by atoms with Crippen LogP contribution >= 0.6 is 11.8 Å². The molecule has 0 radical (unpaired) electrons. The molecule has 0 saturated heterocycles. The summed E-state index contributed by atoms with van der Waals surface area (Å²) < 4.78 is 33.4. The van der Waals surface area contributed by atoms with Gasteiger partial charge in [-0.2, -0.15) is 8.42 Å². The summed E-state index contributed by atoms with van der Waals surface area (Å²) in [7, 11) is -4.20. The van der Waals surface area contributed by atoms with E-state index >= 15 is 0 Å². The van der Waals surface area contributed by atoms with Gasteiger partial charge >= 0.3 is 0 Å². The van der Waals surface area contributed by atoms with Crippen molar-refractivity contribution < 1.29 is 13.0 Å². The Morgan fingerprint density at radius 2 is 1.82 bits per heavy atom. The third-order valence-electron chi connectivity index (χ3n) is 3.70. The molecule has 116 valence electrons. The molecule has 0 aliphatic carbocycles. The molecule has 1 heterocycles. The summed E-state index contributed by atoms with van der Waals surface area (Å²) in [6.07, 6.45) is 0.297. The molecule has 1 N–H and O–H groups in total. The Kier molecular flexibility index (Phi) is 3.92. The van der Waals surface area contributed by atoms with E-state index in [-0.39, 0.29) is 0 Å². The highest BCUT2D eigenvalue weighted by molar-refractivity contribution is 7.99. The maximum Gasteiger partial charge on any atom is 0.286 e. The van der Waals surface area contributed by atoms with E-state index in [0.29, 0.717) is 6.42 Å². The second-order valence-electron chi connectivity index (χ2n) is 5.29. The number of hydrogen-bond acceptors (Lipinski definition) is 4. The van der Waals surface area contributed by atoms with Crippen molar-refractivity contribution in [1.29, 1.82) is 0 Å². The number of fused-ring (bicyclic) bond motifs is 2. The maximum absolute atomic E-state index is 11.9. The van der Waals surface area contributed by atoms with Crippen LogP contribution in [0.2, 0.25) is 0 Å². The molecule has 3 rings (SSSR count). The van der Waals surface area contributed by atoms with Crippen molar-refractivity contribution in [2.75, 3.05) is 4.90 Å². The van der Waals surface area contributed by atoms with E-state index in [1.807, 2.05) is 49.4 Å². The molecule has 0 bridgehead atoms. The molecule has 2 aromatic carbocycles. The molecule has 0 amide bonds. The number of rotatable bonds is 3. The molecule has 1 aliphatic rings. The summed E-state index contributed by atoms with van der Waals surface area (Å²) in [4.78, 5) is 3.72. The Labute approximate surface area is 134 Å². The lowest BCUT2D eigenvalue weighted by atomic mass is 10.1. The highest BCUT2D eigenvalue weighted by Crippen LogP contribution is 2.49. The zero-order valence-corrected chi connectivity index (χ0v) is 14.0. The second-order valence-corrected chi connectivity index (χ2v) is 7.95. The summed E-state index contributed by atoms with van der Waals surface area (Å²) in [5.41, 5.74) is 2.69. The minimum absolute atomic E-state index is 0.297. The van der Waals surface area contributed by atoms with Gasteiger partial charge in [0, 0.05) is 9.79 Å². The van der Waals surface area contributed by atoms with E-state index in [1.165, 1.54) is 0 Å². The monoisotopic (exact) mass is 335 g/mol. The lowest BCUT2D eigenvalue weighted by molar-refractivity contribution is 0.464. The number of anilines is 2. The van der Waals surface area contributed by atoms with Crippen molar-refractivity contribution in [1.82, 2.24) is 0 Å². The van der Waals surface area contributed by atoms with Gasteiger partial charge in [0.15, 0.2) is 5.37 Å². The van der Waals surface area contributed by atoms with Crippen molar-refractivity contribution in [3.8, 4) is 0 Å². The highest BCUT2D eigenvalue weighted by atomic mass is 32.2. The standard InChI is InChI=1S/C16H17NO3S2/c1-3-16(22(18,19)20)17-12-6-4-5-7-14(12)21-15-9-8-11(2)10-13(15)17/h4-10,16H,3H2,1-2H3,(H,18,19,20). The summed E-state index contributed by atoms with van der Waals surface area (Å²) in [6, 6.07) is 13.6. The molecule has 0 saturated carbocycles. The summed E-state index contributed by atoms with van der Waals surface area (Å²) in [6.45, 7) is 3.73. The van der Waals surface area contributed by atoms with Gasteiger partial charge in [-0.05, 0) is 43.2 Å². The van der Waals surface area contributed by atoms with Crippen LogP contribution in [-0.2, 0) is 10.1 Å². The van der Waals surface area contributed by atoms with Gasteiger partial charge in [0.05, 0.1) is 11.4 Å². The van der Waals surface area contributed by atoms with Gasteiger partial charge in [-0.3, -0.25) is 4.55 Å². The van der Waals surface area contributed by atoms with Crippen LogP contribution in [-0.4, -0.2) is 18.3 Å². The molecule has 0 aromatic heterocycles. The molecule has 2 aromatic rings. The molecule has 1 unspecified atom stereocenters. The van der Waals surface area contributed by atoms with Crippen LogP contribution in [0, 0.1) is 6.92 Å². The molecular formula is C16H17NO3S2. The molecular weight excluding hydrogens is 318 g/mol. The molecule has 6 heteroatoms. The van der Waals surface area contributed by atoms with E-state index in [2.05, 4.69) is 0 Å². The largest absolute Gasteiger partial charge is 0.320 e. The summed E-state index contributed by atoms with van der Waals surface area (Å²) >= 11 is 1.62. The fourth-order valence-corrected chi connectivity index (χ4v) is 4.70. The molecule has 0 fully saturated rings. The second kappa shape index (κ2) is 5.61. The molecule has 1 aliphatic heterocycles. The Balaban J connectivity index is 2.26. The molecule has 1 atom stereocenters. The Hall–Kier alpha value is -1.50. The number of hydrogen-bond donors (Lipinski definition) is 1. The van der Waals surface area contributed by atoms with E-state index < -0.39 is 15.5 Å². The van der Waals surface area contributed by atoms with Gasteiger partial charge in [-0.15, -0.1) is 0 Å². The zero-order valence-electron chi connectivity index (χ0n) is 12.4. The van der Waals surface area contributed by atoms with Crippen LogP contribution in [0.1, 0.15) is 18.9 Å². The molecule has 0 spiro atoms. The lowest BCUT2D eigenvalue weighted by Gasteiger charge is -2.37. The van der Waals surface area contributed by atoms with Crippen LogP contribution in [0.5, 0.6) is 0 Å². The molecule has 22 heavy (non-hydrogen) atoms. The van der Waals surface area contributed by atoms with Crippen LogP contribution in [0.25, 0.3) is 0 Å². The third-order valence-corrected chi connectivity index (χ3v) is 6.06. The van der Waals surface area contributed by atoms with E-state index in [0.717, 1.165) is 26.7 Å². The Morgan fingerprint density at radius 3 is 2.50 bits per heavy atom.